The first kappa shape index (κ1) is 12.7. The summed E-state index contributed by atoms with van der Waals surface area (Å²) in [6, 6.07) is 0. The van der Waals surface area contributed by atoms with Gasteiger partial charge in [-0.3, -0.25) is 9.59 Å². The van der Waals surface area contributed by atoms with E-state index in [0.29, 0.717) is 12.8 Å². The third-order valence-electron chi connectivity index (χ3n) is 2.58. The van der Waals surface area contributed by atoms with Crippen molar-refractivity contribution in [1.82, 2.24) is 0 Å². The first-order valence-electron chi connectivity index (χ1n) is 5.70. The molecule has 0 fully saturated rings. The molecule has 0 aliphatic heterocycles. The second kappa shape index (κ2) is 6.99. The normalized spacial score (nSPS) is 15.6. The molecular formula is C13H18O3. The van der Waals surface area contributed by atoms with E-state index in [-0.39, 0.29) is 11.8 Å². The van der Waals surface area contributed by atoms with Gasteiger partial charge in [-0.1, -0.05) is 18.2 Å². The number of ketones is 1. The Morgan fingerprint density at radius 2 is 2.31 bits per heavy atom. The minimum Gasteiger partial charge on any atom is -0.469 e. The third-order valence-corrected chi connectivity index (χ3v) is 2.58. The molecule has 0 heterocycles. The lowest BCUT2D eigenvalue weighted by Crippen LogP contribution is -1.98. The fraction of sp³-hybridized carbons (Fsp3) is 0.538. The minimum absolute atomic E-state index is 0.155. The van der Waals surface area contributed by atoms with Gasteiger partial charge in [0.2, 0.25) is 0 Å². The standard InChI is InChI=1S/C13H18O3/c1-16-13(15)10-5-3-2-4-7-11-8-6-9-12(11)14/h4,7-8H,2-3,5-6,9-10H2,1H3/b7-4-. The molecule has 3 nitrogen and oxygen atoms in total. The average molecular weight is 222 g/mol. The van der Waals surface area contributed by atoms with Crippen molar-refractivity contribution >= 4 is 11.8 Å². The van der Waals surface area contributed by atoms with E-state index >= 15 is 0 Å². The van der Waals surface area contributed by atoms with E-state index < -0.39 is 0 Å². The van der Waals surface area contributed by atoms with Crippen molar-refractivity contribution in [1.29, 1.82) is 0 Å². The van der Waals surface area contributed by atoms with Gasteiger partial charge in [0.15, 0.2) is 5.78 Å². The van der Waals surface area contributed by atoms with Crippen molar-refractivity contribution in [2.24, 2.45) is 0 Å². The molecule has 0 aromatic carbocycles. The van der Waals surface area contributed by atoms with Crippen LogP contribution in [-0.2, 0) is 14.3 Å². The van der Waals surface area contributed by atoms with Gasteiger partial charge in [-0.25, -0.2) is 0 Å². The average Bonchev–Trinajstić information content (AvgIpc) is 2.69. The number of hydrogen-bond acceptors (Lipinski definition) is 3. The molecule has 0 saturated carbocycles. The molecule has 0 spiro atoms. The van der Waals surface area contributed by atoms with Crippen LogP contribution in [0, 0.1) is 0 Å². The minimum atomic E-state index is -0.155. The molecule has 1 aliphatic carbocycles. The number of carbonyl (C=O) groups is 2. The van der Waals surface area contributed by atoms with E-state index in [0.717, 1.165) is 31.3 Å². The van der Waals surface area contributed by atoms with Gasteiger partial charge in [-0.2, -0.15) is 0 Å². The molecule has 1 aliphatic rings. The van der Waals surface area contributed by atoms with Gasteiger partial charge in [0, 0.05) is 18.4 Å². The molecule has 0 aromatic rings. The molecule has 0 saturated heterocycles. The SMILES string of the molecule is COC(=O)CCCC/C=C\C1=CCCC1=O. The highest BCUT2D eigenvalue weighted by molar-refractivity contribution is 6.00. The van der Waals surface area contributed by atoms with Gasteiger partial charge in [0.1, 0.15) is 0 Å². The summed E-state index contributed by atoms with van der Waals surface area (Å²) in [6.07, 6.45) is 10.6. The predicted octanol–water partition coefficient (Wildman–Crippen LogP) is 2.57. The molecular weight excluding hydrogens is 204 g/mol. The number of carbonyl (C=O) groups excluding carboxylic acids is 2. The smallest absolute Gasteiger partial charge is 0.305 e. The van der Waals surface area contributed by atoms with Gasteiger partial charge in [0.25, 0.3) is 0 Å². The number of hydrogen-bond donors (Lipinski definition) is 0. The predicted molar refractivity (Wildman–Crippen MR) is 61.9 cm³/mol. The van der Waals surface area contributed by atoms with Crippen LogP contribution in [0.3, 0.4) is 0 Å². The van der Waals surface area contributed by atoms with Gasteiger partial charge in [-0.15, -0.1) is 0 Å². The van der Waals surface area contributed by atoms with Crippen LogP contribution in [0.5, 0.6) is 0 Å². The van der Waals surface area contributed by atoms with Crippen molar-refractivity contribution in [3.63, 3.8) is 0 Å². The molecule has 88 valence electrons. The summed E-state index contributed by atoms with van der Waals surface area (Å²) in [7, 11) is 1.40. The molecule has 3 heteroatoms. The molecule has 0 bridgehead atoms. The molecule has 0 N–H and O–H groups in total. The first-order chi connectivity index (χ1) is 7.74. The van der Waals surface area contributed by atoms with Gasteiger partial charge < -0.3 is 4.74 Å². The third kappa shape index (κ3) is 4.43. The summed E-state index contributed by atoms with van der Waals surface area (Å²) in [6.45, 7) is 0. The van der Waals surface area contributed by atoms with Gasteiger partial charge >= 0.3 is 5.97 Å². The monoisotopic (exact) mass is 222 g/mol. The number of rotatable bonds is 6. The summed E-state index contributed by atoms with van der Waals surface area (Å²) >= 11 is 0. The van der Waals surface area contributed by atoms with E-state index in [9.17, 15) is 9.59 Å². The Morgan fingerprint density at radius 1 is 1.50 bits per heavy atom. The quantitative estimate of drug-likeness (QED) is 0.512. The fourth-order valence-electron chi connectivity index (χ4n) is 1.62. The van der Waals surface area contributed by atoms with Gasteiger partial charge in [-0.05, 0) is 25.7 Å². The lowest BCUT2D eigenvalue weighted by molar-refractivity contribution is -0.140. The van der Waals surface area contributed by atoms with Crippen molar-refractivity contribution in [3.05, 3.63) is 23.8 Å². The second-order valence-corrected chi connectivity index (χ2v) is 3.85. The van der Waals surface area contributed by atoms with Crippen LogP contribution in [0.4, 0.5) is 0 Å². The lowest BCUT2D eigenvalue weighted by Gasteiger charge is -1.97. The Balaban J connectivity index is 2.09. The number of esters is 1. The summed E-state index contributed by atoms with van der Waals surface area (Å²) in [5.41, 5.74) is 0.841. The van der Waals surface area contributed by atoms with Crippen molar-refractivity contribution in [3.8, 4) is 0 Å². The zero-order chi connectivity index (χ0) is 11.8. The molecule has 0 atom stereocenters. The van der Waals surface area contributed by atoms with Crippen LogP contribution < -0.4 is 0 Å². The summed E-state index contributed by atoms with van der Waals surface area (Å²) < 4.78 is 4.54. The molecule has 0 aromatic heterocycles. The molecule has 16 heavy (non-hydrogen) atoms. The fourth-order valence-corrected chi connectivity index (χ4v) is 1.62. The van der Waals surface area contributed by atoms with E-state index in [1.165, 1.54) is 7.11 Å². The van der Waals surface area contributed by atoms with Crippen molar-refractivity contribution in [2.45, 2.75) is 38.5 Å². The Labute approximate surface area is 96.2 Å². The Hall–Kier alpha value is -1.38. The summed E-state index contributed by atoms with van der Waals surface area (Å²) in [5, 5.41) is 0. The number of unbranched alkanes of at least 4 members (excludes halogenated alkanes) is 2. The van der Waals surface area contributed by atoms with Crippen molar-refractivity contribution < 1.29 is 14.3 Å². The van der Waals surface area contributed by atoms with Crippen LogP contribution in [-0.4, -0.2) is 18.9 Å². The largest absolute Gasteiger partial charge is 0.469 e. The first-order valence-corrected chi connectivity index (χ1v) is 5.70. The lowest BCUT2D eigenvalue weighted by atomic mass is 10.1. The Kier molecular flexibility index (Phi) is 5.54. The topological polar surface area (TPSA) is 43.4 Å². The molecule has 0 radical (unpaired) electrons. The van der Waals surface area contributed by atoms with Gasteiger partial charge in [0.05, 0.1) is 7.11 Å². The second-order valence-electron chi connectivity index (χ2n) is 3.85. The molecule has 0 unspecified atom stereocenters. The highest BCUT2D eigenvalue weighted by Crippen LogP contribution is 2.15. The summed E-state index contributed by atoms with van der Waals surface area (Å²) in [5.74, 6) is 0.0865. The van der Waals surface area contributed by atoms with Crippen LogP contribution >= 0.6 is 0 Å². The summed E-state index contributed by atoms with van der Waals surface area (Å²) in [4.78, 5) is 22.0. The number of Topliss-reactive ketones (excluding diaryl/α,β-unsaturated/α-hetero) is 1. The Bertz CT molecular complexity index is 313. The van der Waals surface area contributed by atoms with E-state index in [2.05, 4.69) is 4.74 Å². The highest BCUT2D eigenvalue weighted by atomic mass is 16.5. The highest BCUT2D eigenvalue weighted by Gasteiger charge is 2.10. The van der Waals surface area contributed by atoms with E-state index in [1.807, 2.05) is 18.2 Å². The maximum Gasteiger partial charge on any atom is 0.305 e. The van der Waals surface area contributed by atoms with Crippen molar-refractivity contribution in [2.75, 3.05) is 7.11 Å². The molecule has 0 amide bonds. The van der Waals surface area contributed by atoms with Crippen LogP contribution in [0.15, 0.2) is 23.8 Å². The molecule has 1 rings (SSSR count). The van der Waals surface area contributed by atoms with E-state index in [1.54, 1.807) is 0 Å². The number of ether oxygens (including phenoxy) is 1. The van der Waals surface area contributed by atoms with Crippen LogP contribution in [0.25, 0.3) is 0 Å². The Morgan fingerprint density at radius 3 is 2.94 bits per heavy atom. The zero-order valence-corrected chi connectivity index (χ0v) is 9.70. The van der Waals surface area contributed by atoms with Crippen LogP contribution in [0.2, 0.25) is 0 Å². The van der Waals surface area contributed by atoms with E-state index in [4.69, 9.17) is 0 Å². The number of methoxy groups -OCH3 is 1. The maximum atomic E-state index is 11.2. The maximum absolute atomic E-state index is 11.2. The number of allylic oxidation sites excluding steroid dienone is 4. The zero-order valence-electron chi connectivity index (χ0n) is 9.70. The van der Waals surface area contributed by atoms with Crippen LogP contribution in [0.1, 0.15) is 38.5 Å².